The van der Waals surface area contributed by atoms with Gasteiger partial charge in [0.05, 0.1) is 12.1 Å². The number of hydrogen-bond acceptors (Lipinski definition) is 8. The molecule has 1 fully saturated rings. The number of aryl methyl sites for hydroxylation is 1. The van der Waals surface area contributed by atoms with Crippen molar-refractivity contribution in [2.24, 2.45) is 0 Å². The first-order valence-corrected chi connectivity index (χ1v) is 11.6. The van der Waals surface area contributed by atoms with Crippen LogP contribution in [0.5, 0.6) is 0 Å². The Labute approximate surface area is 171 Å². The number of thiophene rings is 1. The van der Waals surface area contributed by atoms with E-state index >= 15 is 0 Å². The van der Waals surface area contributed by atoms with Gasteiger partial charge in [-0.2, -0.15) is 0 Å². The minimum Gasteiger partial charge on any atom is -0.465 e. The van der Waals surface area contributed by atoms with Gasteiger partial charge in [0.15, 0.2) is 0 Å². The van der Waals surface area contributed by atoms with Gasteiger partial charge in [-0.15, -0.1) is 21.5 Å². The molecule has 0 radical (unpaired) electrons. The normalized spacial score (nSPS) is 15.0. The van der Waals surface area contributed by atoms with Crippen LogP contribution in [-0.2, 0) is 16.6 Å². The average Bonchev–Trinajstić information content (AvgIpc) is 3.47. The quantitative estimate of drug-likeness (QED) is 0.631. The predicted octanol–water partition coefficient (Wildman–Crippen LogP) is 2.80. The SMILES string of the molecule is Cc1ccc(CNS(=O)(=O)c2cc(-c3nnc(C(=O)N4CCCCC4)o3)cs2)o1. The Bertz CT molecular complexity index is 1110. The van der Waals surface area contributed by atoms with Gasteiger partial charge in [0.1, 0.15) is 15.7 Å². The Morgan fingerprint density at radius 3 is 2.72 bits per heavy atom. The molecule has 4 heterocycles. The maximum absolute atomic E-state index is 12.5. The third-order valence-electron chi connectivity index (χ3n) is 4.57. The highest BCUT2D eigenvalue weighted by Gasteiger charge is 2.25. The molecule has 1 N–H and O–H groups in total. The topological polar surface area (TPSA) is 119 Å². The van der Waals surface area contributed by atoms with Crippen molar-refractivity contribution in [3.05, 3.63) is 41.0 Å². The number of aromatic nitrogens is 2. The second-order valence-corrected chi connectivity index (χ2v) is 9.66. The molecule has 3 aromatic heterocycles. The molecule has 0 aliphatic carbocycles. The lowest BCUT2D eigenvalue weighted by Crippen LogP contribution is -2.35. The lowest BCUT2D eigenvalue weighted by atomic mass is 10.1. The zero-order valence-electron chi connectivity index (χ0n) is 15.8. The van der Waals surface area contributed by atoms with Gasteiger partial charge >= 0.3 is 11.8 Å². The van der Waals surface area contributed by atoms with E-state index in [-0.39, 0.29) is 28.4 Å². The third-order valence-corrected chi connectivity index (χ3v) is 7.41. The van der Waals surface area contributed by atoms with Crippen molar-refractivity contribution in [1.82, 2.24) is 19.8 Å². The van der Waals surface area contributed by atoms with E-state index in [1.807, 2.05) is 0 Å². The monoisotopic (exact) mass is 436 g/mol. The van der Waals surface area contributed by atoms with Crippen LogP contribution in [0.1, 0.15) is 41.5 Å². The Balaban J connectivity index is 1.46. The van der Waals surface area contributed by atoms with Crippen LogP contribution in [0.3, 0.4) is 0 Å². The van der Waals surface area contributed by atoms with Crippen molar-refractivity contribution in [3.63, 3.8) is 0 Å². The number of rotatable bonds is 6. The van der Waals surface area contributed by atoms with Crippen LogP contribution >= 0.6 is 11.3 Å². The summed E-state index contributed by atoms with van der Waals surface area (Å²) >= 11 is 1.03. The van der Waals surface area contributed by atoms with Gasteiger partial charge in [0.2, 0.25) is 15.9 Å². The summed E-state index contributed by atoms with van der Waals surface area (Å²) in [6.07, 6.45) is 3.03. The fourth-order valence-electron chi connectivity index (χ4n) is 3.05. The summed E-state index contributed by atoms with van der Waals surface area (Å²) in [5.74, 6) is 0.986. The van der Waals surface area contributed by atoms with Gasteiger partial charge in [-0.25, -0.2) is 13.1 Å². The number of likely N-dealkylation sites (tertiary alicyclic amines) is 1. The lowest BCUT2D eigenvalue weighted by Gasteiger charge is -2.24. The van der Waals surface area contributed by atoms with Crippen LogP contribution < -0.4 is 4.72 Å². The molecule has 11 heteroatoms. The van der Waals surface area contributed by atoms with Crippen LogP contribution in [0.2, 0.25) is 0 Å². The molecule has 154 valence electrons. The summed E-state index contributed by atoms with van der Waals surface area (Å²) in [7, 11) is -3.72. The van der Waals surface area contributed by atoms with E-state index in [0.717, 1.165) is 30.6 Å². The van der Waals surface area contributed by atoms with Crippen molar-refractivity contribution in [2.75, 3.05) is 13.1 Å². The Hall–Kier alpha value is -2.50. The van der Waals surface area contributed by atoms with Crippen LogP contribution in [0.4, 0.5) is 0 Å². The zero-order chi connectivity index (χ0) is 20.4. The standard InChI is InChI=1S/C18H20N4O5S2/c1-12-5-6-14(26-12)10-19-29(24,25)15-9-13(11-28-15)16-20-21-17(27-16)18(23)22-7-3-2-4-8-22/h5-6,9,11,19H,2-4,7-8,10H2,1H3. The molecule has 0 atom stereocenters. The highest BCUT2D eigenvalue weighted by molar-refractivity contribution is 7.91. The fourth-order valence-corrected chi connectivity index (χ4v) is 5.24. The summed E-state index contributed by atoms with van der Waals surface area (Å²) in [6.45, 7) is 3.20. The second kappa shape index (κ2) is 8.09. The van der Waals surface area contributed by atoms with Gasteiger partial charge in [0, 0.05) is 18.5 Å². The van der Waals surface area contributed by atoms with E-state index in [9.17, 15) is 13.2 Å². The van der Waals surface area contributed by atoms with Gasteiger partial charge in [-0.1, -0.05) is 0 Å². The first-order valence-electron chi connectivity index (χ1n) is 9.19. The molecule has 1 amide bonds. The highest BCUT2D eigenvalue weighted by atomic mass is 32.2. The predicted molar refractivity (Wildman–Crippen MR) is 105 cm³/mol. The van der Waals surface area contributed by atoms with Gasteiger partial charge in [-0.05, 0) is 44.4 Å². The molecule has 0 unspecified atom stereocenters. The molecule has 0 saturated carbocycles. The van der Waals surface area contributed by atoms with Crippen molar-refractivity contribution in [2.45, 2.75) is 36.9 Å². The largest absolute Gasteiger partial charge is 0.465 e. The summed E-state index contributed by atoms with van der Waals surface area (Å²) in [5, 5.41) is 9.35. The summed E-state index contributed by atoms with van der Waals surface area (Å²) in [4.78, 5) is 14.1. The van der Waals surface area contributed by atoms with Crippen LogP contribution in [0, 0.1) is 6.92 Å². The minimum absolute atomic E-state index is 0.0540. The summed E-state index contributed by atoms with van der Waals surface area (Å²) in [6, 6.07) is 4.94. The van der Waals surface area contributed by atoms with Crippen molar-refractivity contribution in [1.29, 1.82) is 0 Å². The maximum atomic E-state index is 12.5. The zero-order valence-corrected chi connectivity index (χ0v) is 17.4. The number of amides is 1. The second-order valence-electron chi connectivity index (χ2n) is 6.76. The molecule has 1 saturated heterocycles. The number of nitrogens with one attached hydrogen (secondary N) is 1. The van der Waals surface area contributed by atoms with Crippen LogP contribution in [-0.4, -0.2) is 42.5 Å². The van der Waals surface area contributed by atoms with E-state index in [0.29, 0.717) is 30.2 Å². The molecule has 0 spiro atoms. The van der Waals surface area contributed by atoms with Gasteiger partial charge in [-0.3, -0.25) is 4.79 Å². The minimum atomic E-state index is -3.72. The summed E-state index contributed by atoms with van der Waals surface area (Å²) in [5.41, 5.74) is 0.453. The van der Waals surface area contributed by atoms with E-state index < -0.39 is 10.0 Å². The molecular formula is C18H20N4O5S2. The van der Waals surface area contributed by atoms with E-state index in [4.69, 9.17) is 8.83 Å². The van der Waals surface area contributed by atoms with Gasteiger partial charge in [0.25, 0.3) is 0 Å². The summed E-state index contributed by atoms with van der Waals surface area (Å²) < 4.78 is 38.5. The molecule has 9 nitrogen and oxygen atoms in total. The van der Waals surface area contributed by atoms with Crippen LogP contribution in [0.15, 0.2) is 36.6 Å². The number of hydrogen-bond donors (Lipinski definition) is 1. The van der Waals surface area contributed by atoms with Crippen molar-refractivity contribution >= 4 is 27.3 Å². The Kier molecular flexibility index (Phi) is 5.52. The van der Waals surface area contributed by atoms with E-state index in [1.54, 1.807) is 29.3 Å². The smallest absolute Gasteiger partial charge is 0.311 e. The molecule has 0 bridgehead atoms. The molecule has 0 aromatic carbocycles. The average molecular weight is 437 g/mol. The first kappa shape index (κ1) is 19.8. The maximum Gasteiger partial charge on any atom is 0.311 e. The highest BCUT2D eigenvalue weighted by Crippen LogP contribution is 2.28. The molecule has 3 aromatic rings. The molecule has 1 aliphatic rings. The lowest BCUT2D eigenvalue weighted by molar-refractivity contribution is 0.0684. The van der Waals surface area contributed by atoms with Crippen molar-refractivity contribution in [3.8, 4) is 11.5 Å². The van der Waals surface area contributed by atoms with E-state index in [2.05, 4.69) is 14.9 Å². The number of furan rings is 1. The third kappa shape index (κ3) is 4.41. The number of carbonyl (C=O) groups excluding carboxylic acids is 1. The van der Waals surface area contributed by atoms with Crippen molar-refractivity contribution < 1.29 is 22.0 Å². The number of carbonyl (C=O) groups is 1. The Morgan fingerprint density at radius 2 is 2.00 bits per heavy atom. The molecule has 4 rings (SSSR count). The van der Waals surface area contributed by atoms with Crippen LogP contribution in [0.25, 0.3) is 11.5 Å². The van der Waals surface area contributed by atoms with Gasteiger partial charge < -0.3 is 13.7 Å². The molecule has 1 aliphatic heterocycles. The number of sulfonamides is 1. The first-order chi connectivity index (χ1) is 13.9. The number of nitrogens with zero attached hydrogens (tertiary/aromatic N) is 3. The number of piperidine rings is 1. The molecule has 29 heavy (non-hydrogen) atoms. The fraction of sp³-hybridized carbons (Fsp3) is 0.389. The Morgan fingerprint density at radius 1 is 1.21 bits per heavy atom. The van der Waals surface area contributed by atoms with E-state index in [1.165, 1.54) is 6.07 Å². The molecular weight excluding hydrogens is 416 g/mol.